The number of rotatable bonds is 3. The lowest BCUT2D eigenvalue weighted by Crippen LogP contribution is -2.50. The minimum atomic E-state index is -4.35. The number of nitrogens with zero attached hydrogens (tertiary/aromatic N) is 1. The number of halogens is 3. The Morgan fingerprint density at radius 1 is 0.821 bits per heavy atom. The smallest absolute Gasteiger partial charge is 0.396 e. The molecular formula is C23H24F3NO. The van der Waals surface area contributed by atoms with E-state index in [1.807, 2.05) is 24.3 Å². The van der Waals surface area contributed by atoms with E-state index in [-0.39, 0.29) is 0 Å². The fourth-order valence-corrected chi connectivity index (χ4v) is 4.27. The minimum Gasteiger partial charge on any atom is -0.474 e. The lowest BCUT2D eigenvalue weighted by Gasteiger charge is -2.45. The van der Waals surface area contributed by atoms with Gasteiger partial charge in [-0.3, -0.25) is 4.90 Å². The van der Waals surface area contributed by atoms with Crippen molar-refractivity contribution < 1.29 is 17.9 Å². The van der Waals surface area contributed by atoms with E-state index < -0.39 is 24.2 Å². The van der Waals surface area contributed by atoms with Gasteiger partial charge >= 0.3 is 6.18 Å². The highest BCUT2D eigenvalue weighted by molar-refractivity contribution is 5.61. The minimum absolute atomic E-state index is 0.325. The molecule has 3 atom stereocenters. The first-order valence-electron chi connectivity index (χ1n) is 9.83. The van der Waals surface area contributed by atoms with Crippen molar-refractivity contribution in [3.63, 3.8) is 0 Å². The van der Waals surface area contributed by atoms with Crippen LogP contribution in [-0.4, -0.2) is 30.4 Å². The molecule has 0 radical (unpaired) electrons. The first-order valence-corrected chi connectivity index (χ1v) is 9.83. The van der Waals surface area contributed by atoms with Crippen LogP contribution in [0.5, 0.6) is 0 Å². The zero-order chi connectivity index (χ0) is 19.6. The standard InChI is InChI=1S/C23H24F3NO/c24-23(25,26)19-16-20(17-10-4-1-5-11-17)28-22(27-14-8-3-9-15-27)21(19)18-12-6-2-7-13-18/h1-2,4-7,10-13,16,19,21-22H,3,8-9,14-15H2/t19-,21+,22+/m1/s1. The average molecular weight is 387 g/mol. The van der Waals surface area contributed by atoms with E-state index >= 15 is 0 Å². The number of benzene rings is 2. The molecule has 28 heavy (non-hydrogen) atoms. The first-order chi connectivity index (χ1) is 13.5. The molecule has 0 spiro atoms. The second kappa shape index (κ2) is 8.00. The van der Waals surface area contributed by atoms with Gasteiger partial charge in [-0.1, -0.05) is 67.1 Å². The molecule has 148 valence electrons. The third-order valence-electron chi connectivity index (χ3n) is 5.64. The van der Waals surface area contributed by atoms with Gasteiger partial charge in [0, 0.05) is 18.7 Å². The predicted octanol–water partition coefficient (Wildman–Crippen LogP) is 5.83. The van der Waals surface area contributed by atoms with Crippen molar-refractivity contribution in [2.75, 3.05) is 13.1 Å². The SMILES string of the molecule is FC(F)(F)[C@@H]1C=C(c2ccccc2)O[C@H](N2CCCCC2)[C@H]1c1ccccc1. The zero-order valence-electron chi connectivity index (χ0n) is 15.6. The highest BCUT2D eigenvalue weighted by Crippen LogP contribution is 2.47. The summed E-state index contributed by atoms with van der Waals surface area (Å²) in [5.74, 6) is -2.05. The summed E-state index contributed by atoms with van der Waals surface area (Å²) in [6.07, 6.45) is -0.616. The molecule has 1 fully saturated rings. The molecule has 0 aliphatic carbocycles. The van der Waals surface area contributed by atoms with Gasteiger partial charge in [-0.15, -0.1) is 0 Å². The molecule has 2 heterocycles. The molecule has 0 bridgehead atoms. The third-order valence-corrected chi connectivity index (χ3v) is 5.64. The van der Waals surface area contributed by atoms with E-state index in [4.69, 9.17) is 4.74 Å². The van der Waals surface area contributed by atoms with Crippen LogP contribution in [0.4, 0.5) is 13.2 Å². The number of hydrogen-bond acceptors (Lipinski definition) is 2. The maximum atomic E-state index is 14.2. The van der Waals surface area contributed by atoms with Crippen molar-refractivity contribution in [3.05, 3.63) is 77.9 Å². The number of likely N-dealkylation sites (tertiary alicyclic amines) is 1. The Labute approximate surface area is 163 Å². The van der Waals surface area contributed by atoms with E-state index in [1.165, 1.54) is 6.08 Å². The van der Waals surface area contributed by atoms with Gasteiger partial charge in [0.15, 0.2) is 6.23 Å². The number of ether oxygens (including phenoxy) is 1. The monoisotopic (exact) mass is 387 g/mol. The summed E-state index contributed by atoms with van der Waals surface area (Å²) in [6, 6.07) is 18.1. The van der Waals surface area contributed by atoms with Gasteiger partial charge in [0.2, 0.25) is 0 Å². The Bertz CT molecular complexity index is 798. The highest BCUT2D eigenvalue weighted by Gasteiger charge is 2.51. The molecule has 5 heteroatoms. The Balaban J connectivity index is 1.80. The van der Waals surface area contributed by atoms with Crippen molar-refractivity contribution in [2.24, 2.45) is 5.92 Å². The Kier molecular flexibility index (Phi) is 5.44. The molecule has 2 aliphatic heterocycles. The number of alkyl halides is 3. The molecule has 0 saturated carbocycles. The third kappa shape index (κ3) is 3.95. The second-order valence-electron chi connectivity index (χ2n) is 7.51. The van der Waals surface area contributed by atoms with E-state index in [0.29, 0.717) is 16.9 Å². The summed E-state index contributed by atoms with van der Waals surface area (Å²) < 4.78 is 48.9. The molecule has 2 nitrogen and oxygen atoms in total. The van der Waals surface area contributed by atoms with Gasteiger partial charge in [-0.25, -0.2) is 0 Å². The molecule has 0 unspecified atom stereocenters. The van der Waals surface area contributed by atoms with E-state index in [9.17, 15) is 13.2 Å². The van der Waals surface area contributed by atoms with Crippen LogP contribution in [0.3, 0.4) is 0 Å². The highest BCUT2D eigenvalue weighted by atomic mass is 19.4. The van der Waals surface area contributed by atoms with E-state index in [2.05, 4.69) is 4.90 Å². The maximum absolute atomic E-state index is 14.2. The normalized spacial score (nSPS) is 26.4. The first kappa shape index (κ1) is 19.1. The van der Waals surface area contributed by atoms with Crippen LogP contribution < -0.4 is 0 Å². The molecule has 1 saturated heterocycles. The topological polar surface area (TPSA) is 12.5 Å². The lowest BCUT2D eigenvalue weighted by molar-refractivity contribution is -0.187. The summed E-state index contributed by atoms with van der Waals surface area (Å²) in [7, 11) is 0. The lowest BCUT2D eigenvalue weighted by atomic mass is 9.80. The van der Waals surface area contributed by atoms with Crippen LogP contribution in [0, 0.1) is 5.92 Å². The van der Waals surface area contributed by atoms with Crippen molar-refractivity contribution in [1.82, 2.24) is 4.90 Å². The van der Waals surface area contributed by atoms with Gasteiger partial charge in [-0.2, -0.15) is 13.2 Å². The summed E-state index contributed by atoms with van der Waals surface area (Å²) in [6.45, 7) is 1.53. The largest absolute Gasteiger partial charge is 0.474 e. The molecule has 2 aromatic carbocycles. The number of piperidine rings is 1. The summed E-state index contributed by atoms with van der Waals surface area (Å²) in [4.78, 5) is 2.09. The van der Waals surface area contributed by atoms with Crippen molar-refractivity contribution in [1.29, 1.82) is 0 Å². The van der Waals surface area contributed by atoms with Crippen LogP contribution in [0.15, 0.2) is 66.7 Å². The number of allylic oxidation sites excluding steroid dienone is 1. The zero-order valence-corrected chi connectivity index (χ0v) is 15.6. The van der Waals surface area contributed by atoms with Crippen LogP contribution in [-0.2, 0) is 4.74 Å². The fourth-order valence-electron chi connectivity index (χ4n) is 4.27. The summed E-state index contributed by atoms with van der Waals surface area (Å²) in [5, 5.41) is 0. The van der Waals surface area contributed by atoms with Gasteiger partial charge < -0.3 is 4.74 Å². The van der Waals surface area contributed by atoms with Crippen molar-refractivity contribution in [3.8, 4) is 0 Å². The summed E-state index contributed by atoms with van der Waals surface area (Å²) >= 11 is 0. The Morgan fingerprint density at radius 3 is 2.04 bits per heavy atom. The average Bonchev–Trinajstić information content (AvgIpc) is 2.74. The van der Waals surface area contributed by atoms with E-state index in [0.717, 1.165) is 32.4 Å². The van der Waals surface area contributed by atoms with E-state index in [1.54, 1.807) is 36.4 Å². The van der Waals surface area contributed by atoms with Crippen LogP contribution in [0.25, 0.3) is 5.76 Å². The van der Waals surface area contributed by atoms with Crippen LogP contribution >= 0.6 is 0 Å². The van der Waals surface area contributed by atoms with Gasteiger partial charge in [0.05, 0.1) is 11.8 Å². The molecular weight excluding hydrogens is 363 g/mol. The maximum Gasteiger partial charge on any atom is 0.396 e. The van der Waals surface area contributed by atoms with Crippen LogP contribution in [0.1, 0.15) is 36.3 Å². The molecule has 4 rings (SSSR count). The quantitative estimate of drug-likeness (QED) is 0.657. The summed E-state index contributed by atoms with van der Waals surface area (Å²) in [5.41, 5.74) is 1.36. The Hall–Kier alpha value is -2.27. The van der Waals surface area contributed by atoms with Crippen LogP contribution in [0.2, 0.25) is 0 Å². The predicted molar refractivity (Wildman–Crippen MR) is 103 cm³/mol. The molecule has 2 aromatic rings. The van der Waals surface area contributed by atoms with Gasteiger partial charge in [0.25, 0.3) is 0 Å². The molecule has 2 aliphatic rings. The second-order valence-corrected chi connectivity index (χ2v) is 7.51. The van der Waals surface area contributed by atoms with Gasteiger partial charge in [0.1, 0.15) is 5.76 Å². The fraction of sp³-hybridized carbons (Fsp3) is 0.391. The Morgan fingerprint density at radius 2 is 1.43 bits per heavy atom. The van der Waals surface area contributed by atoms with Crippen molar-refractivity contribution in [2.45, 2.75) is 37.6 Å². The molecule has 0 amide bonds. The number of hydrogen-bond donors (Lipinski definition) is 0. The molecule has 0 aromatic heterocycles. The molecule has 0 N–H and O–H groups in total. The van der Waals surface area contributed by atoms with Crippen molar-refractivity contribution >= 4 is 5.76 Å². The van der Waals surface area contributed by atoms with Gasteiger partial charge in [-0.05, 0) is 24.5 Å².